The first-order valence-electron chi connectivity index (χ1n) is 16.5. The van der Waals surface area contributed by atoms with E-state index >= 15 is 0 Å². The number of rotatable bonds is 2. The zero-order chi connectivity index (χ0) is 31.5. The molecule has 3 nitrogen and oxygen atoms in total. The standard InChI is InChI=1S/C43H27N3S2/c1-24-20-21-33-32(22-24)27-15-9-17-31-38(27)34(23-37-39(31)29-13-4-6-18-35(29)47-37)46(33)43-44-40(28-16-8-11-25-10-2-3-12-26(25)28)42-41(45-43)30-14-5-7-19-36(30)48-42/h2-21,23-24H,22H2,1H3. The summed E-state index contributed by atoms with van der Waals surface area (Å²) in [5.74, 6) is 1.17. The van der Waals surface area contributed by atoms with Gasteiger partial charge in [0.2, 0.25) is 5.95 Å². The highest BCUT2D eigenvalue weighted by Gasteiger charge is 2.33. The zero-order valence-corrected chi connectivity index (χ0v) is 27.7. The van der Waals surface area contributed by atoms with Gasteiger partial charge in [-0.1, -0.05) is 110 Å². The molecule has 4 heterocycles. The normalized spacial score (nSPS) is 15.9. The van der Waals surface area contributed by atoms with Gasteiger partial charge in [-0.3, -0.25) is 4.90 Å². The number of allylic oxidation sites excluding steroid dienone is 3. The largest absolute Gasteiger partial charge is 0.278 e. The first-order chi connectivity index (χ1) is 23.7. The minimum Gasteiger partial charge on any atom is -0.278 e. The molecule has 0 fully saturated rings. The van der Waals surface area contributed by atoms with Crippen LogP contribution in [0.25, 0.3) is 78.9 Å². The lowest BCUT2D eigenvalue weighted by Crippen LogP contribution is -2.25. The summed E-state index contributed by atoms with van der Waals surface area (Å²) >= 11 is 3.66. The Morgan fingerprint density at radius 3 is 2.25 bits per heavy atom. The van der Waals surface area contributed by atoms with Crippen molar-refractivity contribution in [2.45, 2.75) is 13.3 Å². The number of thiophene rings is 2. The molecule has 0 bridgehead atoms. The minimum absolute atomic E-state index is 0.448. The molecule has 1 aliphatic heterocycles. The molecule has 5 heteroatoms. The first-order valence-corrected chi connectivity index (χ1v) is 18.1. The van der Waals surface area contributed by atoms with Crippen LogP contribution in [-0.4, -0.2) is 9.97 Å². The van der Waals surface area contributed by atoms with Gasteiger partial charge in [0.25, 0.3) is 0 Å². The van der Waals surface area contributed by atoms with Crippen LogP contribution in [0.4, 0.5) is 11.6 Å². The van der Waals surface area contributed by atoms with Crippen LogP contribution >= 0.6 is 22.7 Å². The van der Waals surface area contributed by atoms with Gasteiger partial charge in [-0.15, -0.1) is 22.7 Å². The van der Waals surface area contributed by atoms with Crippen molar-refractivity contribution < 1.29 is 0 Å². The maximum absolute atomic E-state index is 5.59. The van der Waals surface area contributed by atoms with Crippen LogP contribution < -0.4 is 4.90 Å². The second-order valence-electron chi connectivity index (χ2n) is 13.0. The molecule has 0 saturated carbocycles. The molecule has 9 aromatic rings. The van der Waals surface area contributed by atoms with Crippen LogP contribution in [0.2, 0.25) is 0 Å². The van der Waals surface area contributed by atoms with Gasteiger partial charge in [0.15, 0.2) is 0 Å². The van der Waals surface area contributed by atoms with Crippen LogP contribution in [0.15, 0.2) is 133 Å². The predicted octanol–water partition coefficient (Wildman–Crippen LogP) is 12.6. The van der Waals surface area contributed by atoms with Gasteiger partial charge in [0.1, 0.15) is 0 Å². The average molecular weight is 650 g/mol. The molecule has 0 saturated heterocycles. The Hall–Kier alpha value is -5.36. The van der Waals surface area contributed by atoms with Crippen molar-refractivity contribution in [3.63, 3.8) is 0 Å². The summed E-state index contributed by atoms with van der Waals surface area (Å²) in [6.45, 7) is 2.31. The topological polar surface area (TPSA) is 29.0 Å². The third-order valence-corrected chi connectivity index (χ3v) is 12.4. The molecule has 0 N–H and O–H groups in total. The second kappa shape index (κ2) is 9.83. The number of fused-ring (bicyclic) bond motifs is 9. The fraction of sp³-hybridized carbons (Fsp3) is 0.0698. The monoisotopic (exact) mass is 649 g/mol. The van der Waals surface area contributed by atoms with E-state index in [1.54, 1.807) is 11.3 Å². The summed E-state index contributed by atoms with van der Waals surface area (Å²) in [5.41, 5.74) is 8.17. The van der Waals surface area contributed by atoms with Gasteiger partial charge in [0, 0.05) is 41.2 Å². The average Bonchev–Trinajstić information content (AvgIpc) is 3.70. The van der Waals surface area contributed by atoms with E-state index in [2.05, 4.69) is 139 Å². The highest BCUT2D eigenvalue weighted by molar-refractivity contribution is 7.26. The number of hydrogen-bond acceptors (Lipinski definition) is 5. The van der Waals surface area contributed by atoms with Crippen molar-refractivity contribution in [2.75, 3.05) is 4.90 Å². The van der Waals surface area contributed by atoms with Crippen molar-refractivity contribution in [1.29, 1.82) is 0 Å². The van der Waals surface area contributed by atoms with E-state index in [-0.39, 0.29) is 0 Å². The summed E-state index contributed by atoms with van der Waals surface area (Å²) < 4.78 is 4.95. The summed E-state index contributed by atoms with van der Waals surface area (Å²) in [7, 11) is 0. The van der Waals surface area contributed by atoms with Gasteiger partial charge in [0.05, 0.1) is 27.3 Å². The van der Waals surface area contributed by atoms with E-state index in [0.29, 0.717) is 5.92 Å². The van der Waals surface area contributed by atoms with Gasteiger partial charge < -0.3 is 0 Å². The zero-order valence-electron chi connectivity index (χ0n) is 26.1. The van der Waals surface area contributed by atoms with E-state index in [1.165, 1.54) is 68.6 Å². The van der Waals surface area contributed by atoms with E-state index in [1.807, 2.05) is 11.3 Å². The summed E-state index contributed by atoms with van der Waals surface area (Å²) in [4.78, 5) is 13.5. The highest BCUT2D eigenvalue weighted by Crippen LogP contribution is 2.53. The van der Waals surface area contributed by atoms with Crippen LogP contribution in [0.3, 0.4) is 0 Å². The quantitative estimate of drug-likeness (QED) is 0.187. The van der Waals surface area contributed by atoms with Crippen molar-refractivity contribution in [3.8, 4) is 11.3 Å². The number of benzene rings is 6. The molecular formula is C43H27N3S2. The van der Waals surface area contributed by atoms with E-state index in [0.717, 1.165) is 39.5 Å². The number of aromatic nitrogens is 2. The minimum atomic E-state index is 0.448. The molecular weight excluding hydrogens is 623 g/mol. The molecule has 1 unspecified atom stereocenters. The molecule has 3 aromatic heterocycles. The lowest BCUT2D eigenvalue weighted by molar-refractivity contribution is 0.740. The molecule has 48 heavy (non-hydrogen) atoms. The highest BCUT2D eigenvalue weighted by atomic mass is 32.1. The van der Waals surface area contributed by atoms with Gasteiger partial charge in [-0.25, -0.2) is 9.97 Å². The number of anilines is 2. The first kappa shape index (κ1) is 26.7. The molecule has 1 atom stereocenters. The van der Waals surface area contributed by atoms with Gasteiger partial charge in [-0.2, -0.15) is 0 Å². The lowest BCUT2D eigenvalue weighted by atomic mass is 9.83. The van der Waals surface area contributed by atoms with Crippen LogP contribution in [-0.2, 0) is 0 Å². The Morgan fingerprint density at radius 2 is 1.35 bits per heavy atom. The summed E-state index contributed by atoms with van der Waals surface area (Å²) in [5, 5.41) is 8.84. The summed E-state index contributed by atoms with van der Waals surface area (Å²) in [6, 6.07) is 42.0. The van der Waals surface area contributed by atoms with Crippen LogP contribution in [0.1, 0.15) is 18.9 Å². The Labute approximate surface area is 284 Å². The SMILES string of the molecule is CC1C=CC2=C(C1)c1cccc3c1c(cc1sc4ccccc4c13)N2c1nc(-c2cccc3ccccc23)c2sc3ccccc3c2n1. The molecule has 1 aliphatic carbocycles. The molecule has 0 spiro atoms. The second-order valence-corrected chi connectivity index (χ2v) is 15.1. The van der Waals surface area contributed by atoms with Gasteiger partial charge in [-0.05, 0) is 63.9 Å². The van der Waals surface area contributed by atoms with E-state index in [4.69, 9.17) is 9.97 Å². The lowest BCUT2D eigenvalue weighted by Gasteiger charge is -2.35. The smallest absolute Gasteiger partial charge is 0.235 e. The third kappa shape index (κ3) is 3.63. The van der Waals surface area contributed by atoms with E-state index < -0.39 is 0 Å². The Morgan fingerprint density at radius 1 is 0.646 bits per heavy atom. The fourth-order valence-electron chi connectivity index (χ4n) is 8.05. The third-order valence-electron chi connectivity index (χ3n) is 10.2. The van der Waals surface area contributed by atoms with Gasteiger partial charge >= 0.3 is 0 Å². The predicted molar refractivity (Wildman–Crippen MR) is 207 cm³/mol. The molecule has 2 aliphatic rings. The molecule has 0 amide bonds. The summed E-state index contributed by atoms with van der Waals surface area (Å²) in [6.07, 6.45) is 5.64. The molecule has 226 valence electrons. The van der Waals surface area contributed by atoms with Crippen molar-refractivity contribution in [3.05, 3.63) is 139 Å². The van der Waals surface area contributed by atoms with Crippen molar-refractivity contribution in [1.82, 2.24) is 9.97 Å². The Bertz CT molecular complexity index is 2900. The van der Waals surface area contributed by atoms with Crippen LogP contribution in [0, 0.1) is 5.92 Å². The fourth-order valence-corrected chi connectivity index (χ4v) is 10.4. The number of hydrogen-bond donors (Lipinski definition) is 0. The molecule has 6 aromatic carbocycles. The molecule has 0 radical (unpaired) electrons. The van der Waals surface area contributed by atoms with Crippen molar-refractivity contribution in [2.24, 2.45) is 5.92 Å². The van der Waals surface area contributed by atoms with Crippen molar-refractivity contribution >= 4 is 102 Å². The molecule has 11 rings (SSSR count). The Kier molecular flexibility index (Phi) is 5.46. The Balaban J connectivity index is 1.29. The van der Waals surface area contributed by atoms with Crippen LogP contribution in [0.5, 0.6) is 0 Å². The maximum atomic E-state index is 5.59. The maximum Gasteiger partial charge on any atom is 0.235 e. The number of nitrogens with zero attached hydrogens (tertiary/aromatic N) is 3. The van der Waals surface area contributed by atoms with E-state index in [9.17, 15) is 0 Å².